The zero-order chi connectivity index (χ0) is 16.0. The fraction of sp³-hybridized carbons (Fsp3) is 0.389. The summed E-state index contributed by atoms with van der Waals surface area (Å²) >= 11 is 1.69. The van der Waals surface area contributed by atoms with E-state index in [-0.39, 0.29) is 11.3 Å². The van der Waals surface area contributed by atoms with Crippen molar-refractivity contribution < 1.29 is 9.53 Å². The van der Waals surface area contributed by atoms with E-state index in [0.29, 0.717) is 13.0 Å². The maximum absolute atomic E-state index is 12.0. The first-order chi connectivity index (χ1) is 10.5. The molecule has 4 heteroatoms. The first-order valence-electron chi connectivity index (χ1n) is 7.43. The van der Waals surface area contributed by atoms with Gasteiger partial charge in [0.05, 0.1) is 7.11 Å². The highest BCUT2D eigenvalue weighted by atomic mass is 32.1. The summed E-state index contributed by atoms with van der Waals surface area (Å²) < 4.78 is 5.13. The Bertz CT molecular complexity index is 588. The lowest BCUT2D eigenvalue weighted by Gasteiger charge is -2.24. The number of amides is 1. The van der Waals surface area contributed by atoms with E-state index < -0.39 is 0 Å². The molecular formula is C18H23NO2S. The summed E-state index contributed by atoms with van der Waals surface area (Å²) in [5, 5.41) is 7.26. The van der Waals surface area contributed by atoms with Gasteiger partial charge in [-0.25, -0.2) is 0 Å². The smallest absolute Gasteiger partial charge is 0.220 e. The van der Waals surface area contributed by atoms with Crippen molar-refractivity contribution in [1.82, 2.24) is 5.32 Å². The van der Waals surface area contributed by atoms with E-state index >= 15 is 0 Å². The number of rotatable bonds is 7. The maximum atomic E-state index is 12.0. The van der Waals surface area contributed by atoms with Crippen LogP contribution in [0.25, 0.3) is 0 Å². The highest BCUT2D eigenvalue weighted by Gasteiger charge is 2.21. The zero-order valence-corrected chi connectivity index (χ0v) is 14.2. The quantitative estimate of drug-likeness (QED) is 0.844. The molecule has 1 N–H and O–H groups in total. The lowest BCUT2D eigenvalue weighted by Crippen LogP contribution is -2.36. The van der Waals surface area contributed by atoms with Crippen molar-refractivity contribution in [1.29, 1.82) is 0 Å². The number of nitrogens with one attached hydrogen (secondary N) is 1. The van der Waals surface area contributed by atoms with E-state index in [2.05, 4.69) is 36.0 Å². The van der Waals surface area contributed by atoms with Gasteiger partial charge in [-0.3, -0.25) is 4.79 Å². The lowest BCUT2D eigenvalue weighted by molar-refractivity contribution is -0.121. The second kappa shape index (κ2) is 7.45. The van der Waals surface area contributed by atoms with Crippen LogP contribution in [0.2, 0.25) is 0 Å². The van der Waals surface area contributed by atoms with Crippen molar-refractivity contribution in [3.8, 4) is 5.75 Å². The molecule has 0 aliphatic rings. The van der Waals surface area contributed by atoms with Gasteiger partial charge in [0.15, 0.2) is 0 Å². The van der Waals surface area contributed by atoms with Gasteiger partial charge in [0.25, 0.3) is 0 Å². The standard InChI is InChI=1S/C18H23NO2S/c1-18(2,15-10-11-22-12-15)13-19-17(20)9-6-14-4-7-16(21-3)8-5-14/h4-5,7-8,10-12H,6,9,13H2,1-3H3,(H,19,20). The Morgan fingerprint density at radius 2 is 1.95 bits per heavy atom. The molecule has 118 valence electrons. The van der Waals surface area contributed by atoms with Crippen LogP contribution in [-0.4, -0.2) is 19.6 Å². The van der Waals surface area contributed by atoms with Crippen LogP contribution in [-0.2, 0) is 16.6 Å². The molecule has 1 amide bonds. The van der Waals surface area contributed by atoms with E-state index in [1.165, 1.54) is 5.56 Å². The molecule has 22 heavy (non-hydrogen) atoms. The third-order valence-electron chi connectivity index (χ3n) is 3.83. The van der Waals surface area contributed by atoms with Gasteiger partial charge in [-0.1, -0.05) is 26.0 Å². The predicted molar refractivity (Wildman–Crippen MR) is 91.7 cm³/mol. The summed E-state index contributed by atoms with van der Waals surface area (Å²) in [4.78, 5) is 12.0. The number of hydrogen-bond donors (Lipinski definition) is 1. The fourth-order valence-electron chi connectivity index (χ4n) is 2.21. The highest BCUT2D eigenvalue weighted by Crippen LogP contribution is 2.24. The number of benzene rings is 1. The Labute approximate surface area is 136 Å². The van der Waals surface area contributed by atoms with Crippen LogP contribution in [0.1, 0.15) is 31.4 Å². The lowest BCUT2D eigenvalue weighted by atomic mass is 9.86. The molecule has 0 fully saturated rings. The minimum atomic E-state index is -0.0320. The minimum absolute atomic E-state index is 0.0320. The number of methoxy groups -OCH3 is 1. The topological polar surface area (TPSA) is 38.3 Å². The van der Waals surface area contributed by atoms with Crippen LogP contribution in [0, 0.1) is 0 Å². The molecule has 0 saturated carbocycles. The summed E-state index contributed by atoms with van der Waals surface area (Å²) in [5.41, 5.74) is 2.39. The van der Waals surface area contributed by atoms with Gasteiger partial charge in [-0.2, -0.15) is 11.3 Å². The number of ether oxygens (including phenoxy) is 1. The van der Waals surface area contributed by atoms with Gasteiger partial charge in [0.2, 0.25) is 5.91 Å². The summed E-state index contributed by atoms with van der Waals surface area (Å²) in [6.45, 7) is 4.96. The second-order valence-corrected chi connectivity index (χ2v) is 6.80. The molecule has 0 aliphatic heterocycles. The Morgan fingerprint density at radius 3 is 2.55 bits per heavy atom. The average Bonchev–Trinajstić information content (AvgIpc) is 3.07. The molecule has 0 atom stereocenters. The van der Waals surface area contributed by atoms with Crippen molar-refractivity contribution in [3.05, 3.63) is 52.2 Å². The molecular weight excluding hydrogens is 294 g/mol. The van der Waals surface area contributed by atoms with Gasteiger partial charge in [0, 0.05) is 18.4 Å². The molecule has 0 saturated heterocycles. The fourth-order valence-corrected chi connectivity index (χ4v) is 3.06. The van der Waals surface area contributed by atoms with Crippen molar-refractivity contribution in [2.24, 2.45) is 0 Å². The number of thiophene rings is 1. The van der Waals surface area contributed by atoms with E-state index in [1.807, 2.05) is 24.3 Å². The molecule has 2 rings (SSSR count). The summed E-state index contributed by atoms with van der Waals surface area (Å²) in [6, 6.07) is 9.97. The third kappa shape index (κ3) is 4.60. The molecule has 0 aliphatic carbocycles. The molecule has 2 aromatic rings. The second-order valence-electron chi connectivity index (χ2n) is 6.02. The van der Waals surface area contributed by atoms with Gasteiger partial charge in [0.1, 0.15) is 5.75 Å². The first-order valence-corrected chi connectivity index (χ1v) is 8.38. The molecule has 0 unspecified atom stereocenters. The molecule has 0 spiro atoms. The van der Waals surface area contributed by atoms with Crippen LogP contribution < -0.4 is 10.1 Å². The van der Waals surface area contributed by atoms with Crippen LogP contribution in [0.4, 0.5) is 0 Å². The van der Waals surface area contributed by atoms with Gasteiger partial charge >= 0.3 is 0 Å². The largest absolute Gasteiger partial charge is 0.497 e. The van der Waals surface area contributed by atoms with Crippen molar-refractivity contribution in [3.63, 3.8) is 0 Å². The van der Waals surface area contributed by atoms with E-state index in [9.17, 15) is 4.79 Å². The SMILES string of the molecule is COc1ccc(CCC(=O)NCC(C)(C)c2ccsc2)cc1. The number of carbonyl (C=O) groups is 1. The third-order valence-corrected chi connectivity index (χ3v) is 4.51. The van der Waals surface area contributed by atoms with Gasteiger partial charge in [-0.05, 0) is 46.5 Å². The highest BCUT2D eigenvalue weighted by molar-refractivity contribution is 7.08. The zero-order valence-electron chi connectivity index (χ0n) is 13.4. The van der Waals surface area contributed by atoms with Gasteiger partial charge < -0.3 is 10.1 Å². The molecule has 1 aromatic carbocycles. The van der Waals surface area contributed by atoms with Crippen LogP contribution in [0.15, 0.2) is 41.1 Å². The predicted octanol–water partition coefficient (Wildman–Crippen LogP) is 3.78. The van der Waals surface area contributed by atoms with E-state index in [1.54, 1.807) is 18.4 Å². The molecule has 3 nitrogen and oxygen atoms in total. The van der Waals surface area contributed by atoms with Gasteiger partial charge in [-0.15, -0.1) is 0 Å². The van der Waals surface area contributed by atoms with Crippen molar-refractivity contribution >= 4 is 17.2 Å². The minimum Gasteiger partial charge on any atom is -0.497 e. The molecule has 0 radical (unpaired) electrons. The normalized spacial score (nSPS) is 11.2. The Morgan fingerprint density at radius 1 is 1.23 bits per heavy atom. The van der Waals surface area contributed by atoms with Crippen LogP contribution in [0.5, 0.6) is 5.75 Å². The Kier molecular flexibility index (Phi) is 5.61. The number of hydrogen-bond acceptors (Lipinski definition) is 3. The summed E-state index contributed by atoms with van der Waals surface area (Å²) in [6.07, 6.45) is 1.25. The molecule has 1 heterocycles. The summed E-state index contributed by atoms with van der Waals surface area (Å²) in [7, 11) is 1.65. The average molecular weight is 317 g/mol. The maximum Gasteiger partial charge on any atom is 0.220 e. The van der Waals surface area contributed by atoms with E-state index in [0.717, 1.165) is 17.7 Å². The van der Waals surface area contributed by atoms with Crippen molar-refractivity contribution in [2.45, 2.75) is 32.1 Å². The van der Waals surface area contributed by atoms with E-state index in [4.69, 9.17) is 4.74 Å². The Balaban J connectivity index is 1.78. The van der Waals surface area contributed by atoms with Crippen LogP contribution >= 0.6 is 11.3 Å². The molecule has 0 bridgehead atoms. The Hall–Kier alpha value is -1.81. The summed E-state index contributed by atoms with van der Waals surface area (Å²) in [5.74, 6) is 0.935. The number of aryl methyl sites for hydroxylation is 1. The van der Waals surface area contributed by atoms with Crippen LogP contribution in [0.3, 0.4) is 0 Å². The molecule has 1 aromatic heterocycles. The monoisotopic (exact) mass is 317 g/mol. The van der Waals surface area contributed by atoms with Crippen molar-refractivity contribution in [2.75, 3.05) is 13.7 Å². The number of carbonyl (C=O) groups excluding carboxylic acids is 1. The first kappa shape index (κ1) is 16.6.